The Balaban J connectivity index is 1.70. The number of hydrogen-bond donors (Lipinski definition) is 1. The first-order valence-electron chi connectivity index (χ1n) is 7.41. The van der Waals surface area contributed by atoms with E-state index in [-0.39, 0.29) is 5.91 Å². The highest BCUT2D eigenvalue weighted by Crippen LogP contribution is 2.27. The zero-order valence-corrected chi connectivity index (χ0v) is 15.8. The maximum absolute atomic E-state index is 11.9. The monoisotopic (exact) mass is 387 g/mol. The summed E-state index contributed by atoms with van der Waals surface area (Å²) in [6.45, 7) is 1.15. The van der Waals surface area contributed by atoms with Gasteiger partial charge in [-0.25, -0.2) is 4.98 Å². The SMILES string of the molecule is CN(C)Cc1csc(NC(=O)CCCOc2ccc(Cl)cc2Cl)n1. The van der Waals surface area contributed by atoms with Crippen molar-refractivity contribution in [1.29, 1.82) is 0 Å². The molecule has 1 N–H and O–H groups in total. The number of rotatable bonds is 8. The Morgan fingerprint density at radius 2 is 2.17 bits per heavy atom. The van der Waals surface area contributed by atoms with Crippen LogP contribution in [-0.2, 0) is 11.3 Å². The zero-order chi connectivity index (χ0) is 17.5. The second-order valence-corrected chi connectivity index (χ2v) is 7.16. The van der Waals surface area contributed by atoms with Gasteiger partial charge in [-0.1, -0.05) is 23.2 Å². The minimum atomic E-state index is -0.0773. The summed E-state index contributed by atoms with van der Waals surface area (Å²) in [6.07, 6.45) is 0.939. The second-order valence-electron chi connectivity index (χ2n) is 5.46. The molecule has 1 amide bonds. The summed E-state index contributed by atoms with van der Waals surface area (Å²) in [6, 6.07) is 5.05. The fourth-order valence-corrected chi connectivity index (χ4v) is 3.13. The number of halogens is 2. The summed E-state index contributed by atoms with van der Waals surface area (Å²) in [5.74, 6) is 0.487. The number of carbonyl (C=O) groups excluding carboxylic acids is 1. The highest BCUT2D eigenvalue weighted by Gasteiger charge is 2.08. The van der Waals surface area contributed by atoms with Crippen LogP contribution in [0.4, 0.5) is 5.13 Å². The van der Waals surface area contributed by atoms with Crippen LogP contribution in [0.1, 0.15) is 18.5 Å². The summed E-state index contributed by atoms with van der Waals surface area (Å²) < 4.78 is 5.55. The van der Waals surface area contributed by atoms with Gasteiger partial charge in [0.25, 0.3) is 0 Å². The topological polar surface area (TPSA) is 54.5 Å². The molecule has 0 saturated heterocycles. The molecule has 24 heavy (non-hydrogen) atoms. The number of nitrogens with zero attached hydrogens (tertiary/aromatic N) is 2. The number of ether oxygens (including phenoxy) is 1. The standard InChI is InChI=1S/C16H19Cl2N3O2S/c1-21(2)9-12-10-24-16(19-12)20-15(22)4-3-7-23-14-6-5-11(17)8-13(14)18/h5-6,8,10H,3-4,7,9H2,1-2H3,(H,19,20,22). The molecule has 1 aromatic heterocycles. The van der Waals surface area contributed by atoms with Gasteiger partial charge >= 0.3 is 0 Å². The number of aromatic nitrogens is 1. The first-order valence-corrected chi connectivity index (χ1v) is 9.04. The van der Waals surface area contributed by atoms with Crippen LogP contribution in [-0.4, -0.2) is 36.5 Å². The van der Waals surface area contributed by atoms with E-state index in [2.05, 4.69) is 10.3 Å². The largest absolute Gasteiger partial charge is 0.492 e. The molecule has 0 aliphatic carbocycles. The molecule has 0 atom stereocenters. The summed E-state index contributed by atoms with van der Waals surface area (Å²) >= 11 is 13.3. The van der Waals surface area contributed by atoms with Crippen molar-refractivity contribution in [2.45, 2.75) is 19.4 Å². The molecule has 0 saturated carbocycles. The van der Waals surface area contributed by atoms with Gasteiger partial charge in [0.05, 0.1) is 17.3 Å². The first-order chi connectivity index (χ1) is 11.4. The fourth-order valence-electron chi connectivity index (χ4n) is 1.95. The smallest absolute Gasteiger partial charge is 0.226 e. The lowest BCUT2D eigenvalue weighted by atomic mass is 10.3. The average Bonchev–Trinajstić information content (AvgIpc) is 2.91. The normalized spacial score (nSPS) is 10.9. The van der Waals surface area contributed by atoms with Crippen molar-refractivity contribution in [1.82, 2.24) is 9.88 Å². The van der Waals surface area contributed by atoms with E-state index in [1.54, 1.807) is 18.2 Å². The molecule has 5 nitrogen and oxygen atoms in total. The number of anilines is 1. The molecule has 0 radical (unpaired) electrons. The molecule has 0 aliphatic rings. The molecule has 8 heteroatoms. The maximum atomic E-state index is 11.9. The van der Waals surface area contributed by atoms with Gasteiger partial charge in [0, 0.05) is 23.4 Å². The maximum Gasteiger partial charge on any atom is 0.226 e. The summed E-state index contributed by atoms with van der Waals surface area (Å²) in [5.41, 5.74) is 0.945. The summed E-state index contributed by atoms with van der Waals surface area (Å²) in [5, 5.41) is 6.39. The number of nitrogens with one attached hydrogen (secondary N) is 1. The molecule has 130 valence electrons. The van der Waals surface area contributed by atoms with E-state index in [1.165, 1.54) is 11.3 Å². The molecule has 2 rings (SSSR count). The lowest BCUT2D eigenvalue weighted by molar-refractivity contribution is -0.116. The van der Waals surface area contributed by atoms with Crippen molar-refractivity contribution >= 4 is 45.6 Å². The predicted molar refractivity (Wildman–Crippen MR) is 99.3 cm³/mol. The van der Waals surface area contributed by atoms with Crippen LogP contribution >= 0.6 is 34.5 Å². The van der Waals surface area contributed by atoms with Crippen LogP contribution < -0.4 is 10.1 Å². The number of carbonyl (C=O) groups is 1. The van der Waals surface area contributed by atoms with Crippen LogP contribution in [0.2, 0.25) is 10.0 Å². The van der Waals surface area contributed by atoms with Gasteiger partial charge in [-0.3, -0.25) is 4.79 Å². The van der Waals surface area contributed by atoms with E-state index >= 15 is 0 Å². The van der Waals surface area contributed by atoms with Crippen LogP contribution in [0, 0.1) is 0 Å². The van der Waals surface area contributed by atoms with Gasteiger partial charge in [0.2, 0.25) is 5.91 Å². The zero-order valence-electron chi connectivity index (χ0n) is 13.5. The van der Waals surface area contributed by atoms with E-state index in [9.17, 15) is 4.79 Å². The number of hydrogen-bond acceptors (Lipinski definition) is 5. The Kier molecular flexibility index (Phi) is 7.30. The molecule has 1 aromatic carbocycles. The highest BCUT2D eigenvalue weighted by molar-refractivity contribution is 7.13. The third-order valence-electron chi connectivity index (χ3n) is 2.98. The molecular formula is C16H19Cl2N3O2S. The summed E-state index contributed by atoms with van der Waals surface area (Å²) in [7, 11) is 3.95. The Labute approximate surface area is 155 Å². The molecular weight excluding hydrogens is 369 g/mol. The van der Waals surface area contributed by atoms with Gasteiger partial charge in [-0.05, 0) is 38.7 Å². The third kappa shape index (κ3) is 6.28. The minimum absolute atomic E-state index is 0.0773. The van der Waals surface area contributed by atoms with Gasteiger partial charge in [0.15, 0.2) is 5.13 Å². The molecule has 1 heterocycles. The molecule has 0 unspecified atom stereocenters. The first kappa shape index (κ1) is 19.0. The molecule has 0 fully saturated rings. The van der Waals surface area contributed by atoms with Gasteiger partial charge < -0.3 is 15.0 Å². The van der Waals surface area contributed by atoms with Crippen LogP contribution in [0.5, 0.6) is 5.75 Å². The van der Waals surface area contributed by atoms with Gasteiger partial charge in [-0.15, -0.1) is 11.3 Å². The van der Waals surface area contributed by atoms with Crippen LogP contribution in [0.15, 0.2) is 23.6 Å². The number of thiazole rings is 1. The number of amides is 1. The van der Waals surface area contributed by atoms with Crippen molar-refractivity contribution < 1.29 is 9.53 Å². The minimum Gasteiger partial charge on any atom is -0.492 e. The van der Waals surface area contributed by atoms with Crippen molar-refractivity contribution in [2.75, 3.05) is 26.0 Å². The van der Waals surface area contributed by atoms with Crippen molar-refractivity contribution in [2.24, 2.45) is 0 Å². The van der Waals surface area contributed by atoms with Crippen LogP contribution in [0.25, 0.3) is 0 Å². The van der Waals surface area contributed by atoms with Gasteiger partial charge in [-0.2, -0.15) is 0 Å². The second kappa shape index (κ2) is 9.22. The Hall–Kier alpha value is -1.34. The van der Waals surface area contributed by atoms with E-state index in [1.807, 2.05) is 24.4 Å². The molecule has 0 bridgehead atoms. The third-order valence-corrected chi connectivity index (χ3v) is 4.31. The van der Waals surface area contributed by atoms with Crippen molar-refractivity contribution in [3.05, 3.63) is 39.3 Å². The molecule has 0 spiro atoms. The Bertz CT molecular complexity index is 692. The lowest BCUT2D eigenvalue weighted by Gasteiger charge is -2.08. The van der Waals surface area contributed by atoms with E-state index in [0.29, 0.717) is 40.4 Å². The fraction of sp³-hybridized carbons (Fsp3) is 0.375. The van der Waals surface area contributed by atoms with E-state index < -0.39 is 0 Å². The van der Waals surface area contributed by atoms with Gasteiger partial charge in [0.1, 0.15) is 5.75 Å². The van der Waals surface area contributed by atoms with E-state index in [4.69, 9.17) is 27.9 Å². The van der Waals surface area contributed by atoms with Crippen LogP contribution in [0.3, 0.4) is 0 Å². The average molecular weight is 388 g/mol. The van der Waals surface area contributed by atoms with Crippen molar-refractivity contribution in [3.63, 3.8) is 0 Å². The summed E-state index contributed by atoms with van der Waals surface area (Å²) in [4.78, 5) is 18.3. The van der Waals surface area contributed by atoms with Crippen molar-refractivity contribution in [3.8, 4) is 5.75 Å². The highest BCUT2D eigenvalue weighted by atomic mass is 35.5. The Morgan fingerprint density at radius 3 is 2.88 bits per heavy atom. The lowest BCUT2D eigenvalue weighted by Crippen LogP contribution is -2.13. The molecule has 0 aliphatic heterocycles. The quantitative estimate of drug-likeness (QED) is 0.685. The predicted octanol–water partition coefficient (Wildman–Crippen LogP) is 4.31. The number of benzene rings is 1. The molecule has 2 aromatic rings. The Morgan fingerprint density at radius 1 is 1.38 bits per heavy atom. The van der Waals surface area contributed by atoms with E-state index in [0.717, 1.165) is 12.2 Å².